The Morgan fingerprint density at radius 3 is 3.05 bits per heavy atom. The lowest BCUT2D eigenvalue weighted by Crippen LogP contribution is -2.19. The second-order valence-corrected chi connectivity index (χ2v) is 4.67. The Balaban J connectivity index is 1.80. The number of nitrogens with one attached hydrogen (secondary N) is 2. The second-order valence-electron chi connectivity index (χ2n) is 4.32. The summed E-state index contributed by atoms with van der Waals surface area (Å²) >= 11 is 6.13. The summed E-state index contributed by atoms with van der Waals surface area (Å²) in [6.45, 7) is 2.62. The van der Waals surface area contributed by atoms with Gasteiger partial charge in [-0.2, -0.15) is 5.10 Å². The van der Waals surface area contributed by atoms with Crippen molar-refractivity contribution in [3.05, 3.63) is 47.2 Å². The molecule has 0 fully saturated rings. The number of para-hydroxylation sites is 1. The summed E-state index contributed by atoms with van der Waals surface area (Å²) in [4.78, 5) is 4.12. The zero-order chi connectivity index (χ0) is 13.2. The number of furan rings is 1. The Labute approximate surface area is 115 Å². The maximum atomic E-state index is 6.13. The molecular weight excluding hydrogens is 264 g/mol. The first kappa shape index (κ1) is 12.2. The monoisotopic (exact) mass is 276 g/mol. The fraction of sp³-hybridized carbons (Fsp3) is 0.231. The third-order valence-electron chi connectivity index (χ3n) is 3.08. The van der Waals surface area contributed by atoms with Gasteiger partial charge in [0.1, 0.15) is 17.7 Å². The molecule has 0 aliphatic heterocycles. The van der Waals surface area contributed by atoms with E-state index in [-0.39, 0.29) is 6.04 Å². The van der Waals surface area contributed by atoms with Crippen LogP contribution < -0.4 is 5.32 Å². The topological polar surface area (TPSA) is 66.7 Å². The van der Waals surface area contributed by atoms with Gasteiger partial charge in [-0.15, -0.1) is 0 Å². The number of H-pyrrole nitrogens is 1. The first-order valence-electron chi connectivity index (χ1n) is 6.00. The molecular formula is C13H13ClN4O. The summed E-state index contributed by atoms with van der Waals surface area (Å²) < 4.78 is 5.51. The van der Waals surface area contributed by atoms with Crippen LogP contribution in [0.5, 0.6) is 0 Å². The van der Waals surface area contributed by atoms with Crippen molar-refractivity contribution < 1.29 is 4.42 Å². The van der Waals surface area contributed by atoms with Gasteiger partial charge in [-0.05, 0) is 24.6 Å². The predicted octanol–water partition coefficient (Wildman–Crippen LogP) is 3.06. The summed E-state index contributed by atoms with van der Waals surface area (Å²) in [5.41, 5.74) is 1.76. The zero-order valence-corrected chi connectivity index (χ0v) is 11.1. The van der Waals surface area contributed by atoms with Gasteiger partial charge in [-0.3, -0.25) is 5.10 Å². The van der Waals surface area contributed by atoms with E-state index in [1.807, 2.05) is 31.2 Å². The lowest BCUT2D eigenvalue weighted by atomic mass is 10.1. The first-order valence-corrected chi connectivity index (χ1v) is 6.38. The van der Waals surface area contributed by atoms with Gasteiger partial charge in [-0.25, -0.2) is 4.98 Å². The van der Waals surface area contributed by atoms with Crippen molar-refractivity contribution in [2.24, 2.45) is 0 Å². The van der Waals surface area contributed by atoms with Crippen LogP contribution in [-0.4, -0.2) is 15.2 Å². The number of hydrogen-bond donors (Lipinski definition) is 2. The van der Waals surface area contributed by atoms with Crippen LogP contribution >= 0.6 is 11.6 Å². The second kappa shape index (κ2) is 5.03. The van der Waals surface area contributed by atoms with Crippen LogP contribution in [0.1, 0.15) is 24.4 Å². The molecule has 3 aromatic rings. The number of halogens is 1. The van der Waals surface area contributed by atoms with E-state index < -0.39 is 0 Å². The molecule has 1 unspecified atom stereocenters. The Bertz CT molecular complexity index is 677. The van der Waals surface area contributed by atoms with Gasteiger partial charge in [0.15, 0.2) is 5.22 Å². The molecule has 0 bridgehead atoms. The molecule has 2 heterocycles. The lowest BCUT2D eigenvalue weighted by Gasteiger charge is -2.10. The van der Waals surface area contributed by atoms with Crippen LogP contribution in [0.15, 0.2) is 35.0 Å². The van der Waals surface area contributed by atoms with Crippen LogP contribution in [0.2, 0.25) is 5.22 Å². The van der Waals surface area contributed by atoms with Crippen molar-refractivity contribution in [1.82, 2.24) is 20.5 Å². The number of hydrogen-bond acceptors (Lipinski definition) is 4. The number of aromatic nitrogens is 3. The van der Waals surface area contributed by atoms with E-state index >= 15 is 0 Å². The van der Waals surface area contributed by atoms with Gasteiger partial charge in [0.25, 0.3) is 0 Å². The minimum absolute atomic E-state index is 0.0622. The maximum Gasteiger partial charge on any atom is 0.199 e. The molecule has 98 valence electrons. The Hall–Kier alpha value is -1.85. The Morgan fingerprint density at radius 1 is 1.42 bits per heavy atom. The van der Waals surface area contributed by atoms with E-state index in [0.717, 1.165) is 22.4 Å². The smallest absolute Gasteiger partial charge is 0.199 e. The molecule has 1 aromatic carbocycles. The number of rotatable bonds is 4. The molecule has 0 aliphatic carbocycles. The molecule has 3 rings (SSSR count). The van der Waals surface area contributed by atoms with E-state index in [9.17, 15) is 0 Å². The summed E-state index contributed by atoms with van der Waals surface area (Å²) in [6.07, 6.45) is 1.49. The fourth-order valence-corrected chi connectivity index (χ4v) is 2.26. The fourth-order valence-electron chi connectivity index (χ4n) is 2.01. The van der Waals surface area contributed by atoms with Crippen molar-refractivity contribution >= 4 is 22.6 Å². The van der Waals surface area contributed by atoms with E-state index in [4.69, 9.17) is 16.0 Å². The lowest BCUT2D eigenvalue weighted by molar-refractivity contribution is 0.541. The largest absolute Gasteiger partial charge is 0.444 e. The molecule has 6 heteroatoms. The van der Waals surface area contributed by atoms with Crippen molar-refractivity contribution in [1.29, 1.82) is 0 Å². The molecule has 0 spiro atoms. The molecule has 0 saturated heterocycles. The SMILES string of the molecule is CC(NCc1c(Cl)oc2ccccc12)c1ncn[nH]1. The maximum absolute atomic E-state index is 6.13. The van der Waals surface area contributed by atoms with Crippen molar-refractivity contribution in [2.45, 2.75) is 19.5 Å². The third-order valence-corrected chi connectivity index (χ3v) is 3.38. The molecule has 0 radical (unpaired) electrons. The average Bonchev–Trinajstić information content (AvgIpc) is 3.03. The molecule has 0 aliphatic rings. The highest BCUT2D eigenvalue weighted by molar-refractivity contribution is 6.30. The van der Waals surface area contributed by atoms with Crippen LogP contribution in [-0.2, 0) is 6.54 Å². The number of aromatic amines is 1. The van der Waals surface area contributed by atoms with Crippen molar-refractivity contribution in [3.8, 4) is 0 Å². The normalized spacial score (nSPS) is 12.9. The molecule has 0 amide bonds. The highest BCUT2D eigenvalue weighted by Crippen LogP contribution is 2.29. The van der Waals surface area contributed by atoms with Crippen molar-refractivity contribution in [3.63, 3.8) is 0 Å². The average molecular weight is 277 g/mol. The van der Waals surface area contributed by atoms with Crippen LogP contribution in [0.25, 0.3) is 11.0 Å². The minimum Gasteiger partial charge on any atom is -0.444 e. The molecule has 0 saturated carbocycles. The number of nitrogens with zero attached hydrogens (tertiary/aromatic N) is 2. The molecule has 19 heavy (non-hydrogen) atoms. The Morgan fingerprint density at radius 2 is 2.26 bits per heavy atom. The van der Waals surface area contributed by atoms with Crippen LogP contribution in [0.4, 0.5) is 0 Å². The van der Waals surface area contributed by atoms with Gasteiger partial charge in [0.2, 0.25) is 0 Å². The van der Waals surface area contributed by atoms with Gasteiger partial charge in [-0.1, -0.05) is 18.2 Å². The summed E-state index contributed by atoms with van der Waals surface area (Å²) in [6, 6.07) is 7.87. The van der Waals surface area contributed by atoms with Gasteiger partial charge >= 0.3 is 0 Å². The van der Waals surface area contributed by atoms with Crippen molar-refractivity contribution in [2.75, 3.05) is 0 Å². The van der Waals surface area contributed by atoms with Gasteiger partial charge in [0, 0.05) is 17.5 Å². The van der Waals surface area contributed by atoms with Gasteiger partial charge < -0.3 is 9.73 Å². The highest BCUT2D eigenvalue weighted by atomic mass is 35.5. The molecule has 5 nitrogen and oxygen atoms in total. The molecule has 2 N–H and O–H groups in total. The zero-order valence-electron chi connectivity index (χ0n) is 10.4. The molecule has 2 aromatic heterocycles. The molecule has 1 atom stereocenters. The van der Waals surface area contributed by atoms with Gasteiger partial charge in [0.05, 0.1) is 6.04 Å². The predicted molar refractivity (Wildman–Crippen MR) is 72.9 cm³/mol. The standard InChI is InChI=1S/C13H13ClN4O/c1-8(13-16-7-17-18-13)15-6-10-9-4-2-3-5-11(9)19-12(10)14/h2-5,7-8,15H,6H2,1H3,(H,16,17,18). The first-order chi connectivity index (χ1) is 9.25. The number of benzene rings is 1. The Kier molecular flexibility index (Phi) is 3.23. The van der Waals surface area contributed by atoms with Crippen LogP contribution in [0, 0.1) is 0 Å². The van der Waals surface area contributed by atoms with E-state index in [2.05, 4.69) is 20.5 Å². The summed E-state index contributed by atoms with van der Waals surface area (Å²) in [5.74, 6) is 0.795. The summed E-state index contributed by atoms with van der Waals surface area (Å²) in [5, 5.41) is 11.5. The van der Waals surface area contributed by atoms with E-state index in [0.29, 0.717) is 11.8 Å². The van der Waals surface area contributed by atoms with Crippen LogP contribution in [0.3, 0.4) is 0 Å². The quantitative estimate of drug-likeness (QED) is 0.768. The third kappa shape index (κ3) is 2.34. The highest BCUT2D eigenvalue weighted by Gasteiger charge is 2.14. The van der Waals surface area contributed by atoms with E-state index in [1.54, 1.807) is 0 Å². The van der Waals surface area contributed by atoms with E-state index in [1.165, 1.54) is 6.33 Å². The number of fused-ring (bicyclic) bond motifs is 1. The summed E-state index contributed by atoms with van der Waals surface area (Å²) in [7, 11) is 0. The minimum atomic E-state index is 0.0622.